The molecular formula is C10H15O2P. The molecule has 0 saturated carbocycles. The summed E-state index contributed by atoms with van der Waals surface area (Å²) in [5.74, 6) is 0. The van der Waals surface area contributed by atoms with Gasteiger partial charge in [-0.1, -0.05) is 18.2 Å². The fourth-order valence-electron chi connectivity index (χ4n) is 0.868. The van der Waals surface area contributed by atoms with Crippen LogP contribution in [-0.2, 0) is 4.52 Å². The van der Waals surface area contributed by atoms with Gasteiger partial charge in [0.2, 0.25) is 8.38 Å². The first kappa shape index (κ1) is 10.6. The second kappa shape index (κ2) is 4.19. The van der Waals surface area contributed by atoms with Crippen molar-refractivity contribution >= 4 is 13.7 Å². The predicted octanol–water partition coefficient (Wildman–Crippen LogP) is 2.43. The van der Waals surface area contributed by atoms with Gasteiger partial charge in [-0.2, -0.15) is 0 Å². The van der Waals surface area contributed by atoms with Crippen molar-refractivity contribution in [2.45, 2.75) is 26.4 Å². The molecule has 0 amide bonds. The Kier molecular flexibility index (Phi) is 3.43. The van der Waals surface area contributed by atoms with Gasteiger partial charge >= 0.3 is 0 Å². The molecule has 0 saturated heterocycles. The Balaban J connectivity index is 2.64. The third-order valence-electron chi connectivity index (χ3n) is 1.34. The summed E-state index contributed by atoms with van der Waals surface area (Å²) in [6.45, 7) is 5.80. The molecule has 0 bridgehead atoms. The zero-order chi connectivity index (χ0) is 9.90. The van der Waals surface area contributed by atoms with Crippen LogP contribution < -0.4 is 5.30 Å². The molecule has 1 unspecified atom stereocenters. The topological polar surface area (TPSA) is 29.5 Å². The molecule has 3 heteroatoms. The highest BCUT2D eigenvalue weighted by Crippen LogP contribution is 2.35. The first-order valence-corrected chi connectivity index (χ1v) is 5.43. The van der Waals surface area contributed by atoms with Crippen LogP contribution in [0.25, 0.3) is 0 Å². The summed E-state index contributed by atoms with van der Waals surface area (Å²) in [5, 5.41) is 0.854. The molecule has 1 atom stereocenters. The van der Waals surface area contributed by atoms with Crippen molar-refractivity contribution in [3.8, 4) is 0 Å². The van der Waals surface area contributed by atoms with Gasteiger partial charge in [0.15, 0.2) is 0 Å². The lowest BCUT2D eigenvalue weighted by molar-refractivity contribution is 0.136. The quantitative estimate of drug-likeness (QED) is 0.739. The van der Waals surface area contributed by atoms with Crippen LogP contribution in [0.5, 0.6) is 0 Å². The van der Waals surface area contributed by atoms with E-state index in [4.69, 9.17) is 4.52 Å². The molecule has 13 heavy (non-hydrogen) atoms. The second-order valence-electron chi connectivity index (χ2n) is 3.81. The molecule has 0 aliphatic carbocycles. The van der Waals surface area contributed by atoms with Crippen LogP contribution in [0.3, 0.4) is 0 Å². The minimum atomic E-state index is -1.46. The Morgan fingerprint density at radius 3 is 2.15 bits per heavy atom. The van der Waals surface area contributed by atoms with Crippen molar-refractivity contribution in [2.24, 2.45) is 0 Å². The molecule has 0 fully saturated rings. The lowest BCUT2D eigenvalue weighted by Crippen LogP contribution is -2.18. The number of rotatable bonds is 2. The van der Waals surface area contributed by atoms with E-state index in [1.807, 2.05) is 51.1 Å². The van der Waals surface area contributed by atoms with Crippen molar-refractivity contribution in [1.29, 1.82) is 0 Å². The van der Waals surface area contributed by atoms with Gasteiger partial charge in [0.1, 0.15) is 0 Å². The zero-order valence-electron chi connectivity index (χ0n) is 8.19. The first-order valence-electron chi connectivity index (χ1n) is 4.22. The van der Waals surface area contributed by atoms with Crippen LogP contribution in [0.15, 0.2) is 30.3 Å². The Hall–Kier alpha value is -0.430. The standard InChI is InChI=1S/C10H15O2P/c1-10(2,3)12-13(11)9-7-5-4-6-8-9/h4-8,11H,1-3H3. The van der Waals surface area contributed by atoms with Gasteiger partial charge in [-0.25, -0.2) is 0 Å². The molecule has 1 rings (SSSR count). The van der Waals surface area contributed by atoms with E-state index >= 15 is 0 Å². The van der Waals surface area contributed by atoms with E-state index in [-0.39, 0.29) is 5.60 Å². The minimum absolute atomic E-state index is 0.295. The van der Waals surface area contributed by atoms with Crippen molar-refractivity contribution in [3.63, 3.8) is 0 Å². The number of hydrogen-bond donors (Lipinski definition) is 1. The summed E-state index contributed by atoms with van der Waals surface area (Å²) >= 11 is 0. The summed E-state index contributed by atoms with van der Waals surface area (Å²) in [6, 6.07) is 9.46. The van der Waals surface area contributed by atoms with E-state index in [0.717, 1.165) is 5.30 Å². The molecule has 0 aliphatic rings. The highest BCUT2D eigenvalue weighted by atomic mass is 31.2. The smallest absolute Gasteiger partial charge is 0.202 e. The normalized spacial score (nSPS) is 14.2. The van der Waals surface area contributed by atoms with Crippen LogP contribution in [0.1, 0.15) is 20.8 Å². The fourth-order valence-corrected chi connectivity index (χ4v) is 1.92. The van der Waals surface area contributed by atoms with Crippen molar-refractivity contribution < 1.29 is 9.42 Å². The largest absolute Gasteiger partial charge is 0.346 e. The maximum atomic E-state index is 9.70. The van der Waals surface area contributed by atoms with Crippen molar-refractivity contribution in [1.82, 2.24) is 0 Å². The monoisotopic (exact) mass is 198 g/mol. The highest BCUT2D eigenvalue weighted by molar-refractivity contribution is 7.55. The molecule has 0 aromatic heterocycles. The second-order valence-corrected chi connectivity index (χ2v) is 5.06. The van der Waals surface area contributed by atoms with E-state index in [1.165, 1.54) is 0 Å². The van der Waals surface area contributed by atoms with Crippen molar-refractivity contribution in [2.75, 3.05) is 0 Å². The van der Waals surface area contributed by atoms with E-state index in [9.17, 15) is 4.89 Å². The summed E-state index contributed by atoms with van der Waals surface area (Å²) in [4.78, 5) is 9.70. The highest BCUT2D eigenvalue weighted by Gasteiger charge is 2.18. The van der Waals surface area contributed by atoms with Gasteiger partial charge in [0, 0.05) is 5.30 Å². The summed E-state index contributed by atoms with van der Waals surface area (Å²) < 4.78 is 5.44. The molecule has 0 aliphatic heterocycles. The van der Waals surface area contributed by atoms with E-state index in [0.29, 0.717) is 0 Å². The third-order valence-corrected chi connectivity index (χ3v) is 2.80. The molecular weight excluding hydrogens is 183 g/mol. The summed E-state index contributed by atoms with van der Waals surface area (Å²) in [7, 11) is -1.46. The first-order chi connectivity index (χ1) is 5.99. The van der Waals surface area contributed by atoms with Gasteiger partial charge in [0.05, 0.1) is 5.60 Å². The molecule has 1 N–H and O–H groups in total. The van der Waals surface area contributed by atoms with E-state index in [1.54, 1.807) is 0 Å². The zero-order valence-corrected chi connectivity index (χ0v) is 9.08. The maximum Gasteiger partial charge on any atom is 0.202 e. The van der Waals surface area contributed by atoms with Crippen LogP contribution >= 0.6 is 8.38 Å². The summed E-state index contributed by atoms with van der Waals surface area (Å²) in [6.07, 6.45) is 0. The van der Waals surface area contributed by atoms with Gasteiger partial charge in [-0.05, 0) is 32.9 Å². The average Bonchev–Trinajstić information content (AvgIpc) is 2.03. The van der Waals surface area contributed by atoms with Crippen LogP contribution in [0, 0.1) is 0 Å². The van der Waals surface area contributed by atoms with Crippen LogP contribution in [0.2, 0.25) is 0 Å². The molecule has 0 radical (unpaired) electrons. The van der Waals surface area contributed by atoms with Gasteiger partial charge in [0.25, 0.3) is 0 Å². The van der Waals surface area contributed by atoms with Gasteiger partial charge < -0.3 is 9.42 Å². The number of hydrogen-bond acceptors (Lipinski definition) is 2. The molecule has 2 nitrogen and oxygen atoms in total. The number of benzene rings is 1. The Morgan fingerprint density at radius 2 is 1.69 bits per heavy atom. The Labute approximate surface area is 80.5 Å². The van der Waals surface area contributed by atoms with Gasteiger partial charge in [-0.3, -0.25) is 0 Å². The predicted molar refractivity (Wildman–Crippen MR) is 56.1 cm³/mol. The minimum Gasteiger partial charge on any atom is -0.346 e. The van der Waals surface area contributed by atoms with Crippen LogP contribution in [0.4, 0.5) is 0 Å². The molecule has 1 aromatic rings. The third kappa shape index (κ3) is 3.86. The SMILES string of the molecule is CC(C)(C)OP(O)c1ccccc1. The fraction of sp³-hybridized carbons (Fsp3) is 0.400. The van der Waals surface area contributed by atoms with Crippen molar-refractivity contribution in [3.05, 3.63) is 30.3 Å². The van der Waals surface area contributed by atoms with Crippen LogP contribution in [-0.4, -0.2) is 10.5 Å². The molecule has 0 heterocycles. The average molecular weight is 198 g/mol. The lowest BCUT2D eigenvalue weighted by atomic mass is 10.2. The molecule has 0 spiro atoms. The van der Waals surface area contributed by atoms with Gasteiger partial charge in [-0.15, -0.1) is 0 Å². The Morgan fingerprint density at radius 1 is 1.15 bits per heavy atom. The van der Waals surface area contributed by atoms with E-state index < -0.39 is 8.38 Å². The molecule has 72 valence electrons. The maximum absolute atomic E-state index is 9.70. The molecule has 1 aromatic carbocycles. The van der Waals surface area contributed by atoms with E-state index in [2.05, 4.69) is 0 Å². The lowest BCUT2D eigenvalue weighted by Gasteiger charge is -2.22. The Bertz CT molecular complexity index is 253. The summed E-state index contributed by atoms with van der Waals surface area (Å²) in [5.41, 5.74) is -0.295.